The first kappa shape index (κ1) is 21.9. The highest BCUT2D eigenvalue weighted by Gasteiger charge is 2.31. The molecular formula is C23H23FN2O6S. The van der Waals surface area contributed by atoms with Crippen LogP contribution in [0.1, 0.15) is 18.4 Å². The second-order valence-electron chi connectivity index (χ2n) is 8.07. The molecule has 1 atom stereocenters. The van der Waals surface area contributed by atoms with Crippen LogP contribution in [0.2, 0.25) is 0 Å². The second-order valence-corrected chi connectivity index (χ2v) is 9.98. The summed E-state index contributed by atoms with van der Waals surface area (Å²) in [6.45, 7) is 1.19. The molecule has 0 saturated carbocycles. The van der Waals surface area contributed by atoms with Gasteiger partial charge in [-0.15, -0.1) is 0 Å². The Morgan fingerprint density at radius 1 is 1.06 bits per heavy atom. The fourth-order valence-corrected chi connectivity index (χ4v) is 5.67. The summed E-state index contributed by atoms with van der Waals surface area (Å²) in [6, 6.07) is 10.3. The van der Waals surface area contributed by atoms with Crippen LogP contribution >= 0.6 is 0 Å². The molecule has 0 amide bonds. The maximum atomic E-state index is 14.4. The van der Waals surface area contributed by atoms with Crippen molar-refractivity contribution in [1.82, 2.24) is 9.29 Å². The van der Waals surface area contributed by atoms with E-state index < -0.39 is 26.3 Å². The highest BCUT2D eigenvalue weighted by atomic mass is 32.2. The predicted octanol–water partition coefficient (Wildman–Crippen LogP) is 2.81. The summed E-state index contributed by atoms with van der Waals surface area (Å²) in [6.07, 6.45) is 1.20. The minimum Gasteiger partial charge on any atom is -0.486 e. The van der Waals surface area contributed by atoms with Crippen LogP contribution in [0, 0.1) is 5.82 Å². The zero-order chi connectivity index (χ0) is 23.0. The van der Waals surface area contributed by atoms with Crippen LogP contribution in [0.25, 0.3) is 10.9 Å². The number of pyridine rings is 1. The molecule has 1 saturated heterocycles. The van der Waals surface area contributed by atoms with E-state index in [2.05, 4.69) is 4.98 Å². The number of ether oxygens (including phenoxy) is 3. The molecule has 2 aliphatic rings. The second kappa shape index (κ2) is 8.77. The SMILES string of the molecule is O=c1[nH]c2cc3c(cc2cc1CN(C[C@@H]1CCCO1)S(=O)(=O)c1ccccc1F)OCCO3. The maximum absolute atomic E-state index is 14.4. The quantitative estimate of drug-likeness (QED) is 0.590. The lowest BCUT2D eigenvalue weighted by Crippen LogP contribution is -2.38. The van der Waals surface area contributed by atoms with Gasteiger partial charge in [-0.05, 0) is 37.1 Å². The van der Waals surface area contributed by atoms with E-state index in [9.17, 15) is 17.6 Å². The number of benzene rings is 2. The largest absolute Gasteiger partial charge is 0.486 e. The Morgan fingerprint density at radius 3 is 2.55 bits per heavy atom. The number of H-pyrrole nitrogens is 1. The monoisotopic (exact) mass is 474 g/mol. The van der Waals surface area contributed by atoms with Crippen molar-refractivity contribution < 1.29 is 27.0 Å². The summed E-state index contributed by atoms with van der Waals surface area (Å²) < 4.78 is 59.1. The molecular weight excluding hydrogens is 451 g/mol. The van der Waals surface area contributed by atoms with E-state index in [1.807, 2.05) is 0 Å². The predicted molar refractivity (Wildman–Crippen MR) is 119 cm³/mol. The van der Waals surface area contributed by atoms with Gasteiger partial charge in [0.15, 0.2) is 11.5 Å². The van der Waals surface area contributed by atoms with Crippen molar-refractivity contribution in [2.24, 2.45) is 0 Å². The molecule has 5 rings (SSSR count). The summed E-state index contributed by atoms with van der Waals surface area (Å²) in [5, 5.41) is 0.675. The van der Waals surface area contributed by atoms with Crippen LogP contribution in [-0.4, -0.2) is 50.2 Å². The summed E-state index contributed by atoms with van der Waals surface area (Å²) >= 11 is 0. The van der Waals surface area contributed by atoms with E-state index in [-0.39, 0.29) is 24.8 Å². The minimum absolute atomic E-state index is 0.0231. The van der Waals surface area contributed by atoms with Crippen molar-refractivity contribution in [3.05, 3.63) is 64.2 Å². The first-order valence-electron chi connectivity index (χ1n) is 10.7. The average Bonchev–Trinajstić information content (AvgIpc) is 3.31. The Kier molecular flexibility index (Phi) is 5.81. The van der Waals surface area contributed by atoms with E-state index in [4.69, 9.17) is 14.2 Å². The molecule has 2 aliphatic heterocycles. The standard InChI is InChI=1S/C23H23FN2O6S/c24-18-5-1-2-6-22(18)33(28,29)26(14-17-4-3-7-30-17)13-16-10-15-11-20-21(32-9-8-31-20)12-19(15)25-23(16)27/h1-2,5-6,10-12,17H,3-4,7-9,13-14H2,(H,25,27)/t17-/m0/s1. The molecule has 0 unspecified atom stereocenters. The molecule has 174 valence electrons. The van der Waals surface area contributed by atoms with Crippen LogP contribution in [0.15, 0.2) is 52.2 Å². The Balaban J connectivity index is 1.54. The molecule has 0 bridgehead atoms. The number of nitrogens with one attached hydrogen (secondary N) is 1. The molecule has 1 aromatic heterocycles. The van der Waals surface area contributed by atoms with Crippen molar-refractivity contribution in [3.8, 4) is 11.5 Å². The van der Waals surface area contributed by atoms with Crippen molar-refractivity contribution in [2.75, 3.05) is 26.4 Å². The molecule has 0 aliphatic carbocycles. The normalized spacial score (nSPS) is 18.2. The van der Waals surface area contributed by atoms with Crippen LogP contribution in [0.4, 0.5) is 4.39 Å². The van der Waals surface area contributed by atoms with Gasteiger partial charge >= 0.3 is 0 Å². The third-order valence-corrected chi connectivity index (χ3v) is 7.66. The summed E-state index contributed by atoms with van der Waals surface area (Å²) in [5.41, 5.74) is 0.355. The van der Waals surface area contributed by atoms with Gasteiger partial charge in [0.1, 0.15) is 23.9 Å². The lowest BCUT2D eigenvalue weighted by molar-refractivity contribution is 0.0924. The lowest BCUT2D eigenvalue weighted by atomic mass is 10.1. The van der Waals surface area contributed by atoms with Gasteiger partial charge in [-0.1, -0.05) is 12.1 Å². The summed E-state index contributed by atoms with van der Waals surface area (Å²) in [5.74, 6) is 0.257. The van der Waals surface area contributed by atoms with Crippen molar-refractivity contribution in [2.45, 2.75) is 30.4 Å². The molecule has 33 heavy (non-hydrogen) atoms. The molecule has 3 heterocycles. The van der Waals surface area contributed by atoms with Gasteiger partial charge in [0, 0.05) is 36.7 Å². The number of hydrogen-bond acceptors (Lipinski definition) is 6. The fraction of sp³-hybridized carbons (Fsp3) is 0.348. The molecule has 1 fully saturated rings. The summed E-state index contributed by atoms with van der Waals surface area (Å²) in [7, 11) is -4.22. The van der Waals surface area contributed by atoms with Gasteiger partial charge in [0.2, 0.25) is 10.0 Å². The number of sulfonamides is 1. The number of fused-ring (bicyclic) bond motifs is 2. The van der Waals surface area contributed by atoms with Gasteiger partial charge in [-0.3, -0.25) is 4.79 Å². The van der Waals surface area contributed by atoms with Gasteiger partial charge < -0.3 is 19.2 Å². The van der Waals surface area contributed by atoms with Crippen LogP contribution in [-0.2, 0) is 21.3 Å². The van der Waals surface area contributed by atoms with Crippen LogP contribution in [0.3, 0.4) is 0 Å². The smallest absolute Gasteiger partial charge is 0.252 e. The van der Waals surface area contributed by atoms with Crippen molar-refractivity contribution >= 4 is 20.9 Å². The third-order valence-electron chi connectivity index (χ3n) is 5.82. The van der Waals surface area contributed by atoms with Crippen LogP contribution < -0.4 is 15.0 Å². The molecule has 2 aromatic carbocycles. The topological polar surface area (TPSA) is 97.9 Å². The molecule has 8 nitrogen and oxygen atoms in total. The zero-order valence-corrected chi connectivity index (χ0v) is 18.6. The molecule has 3 aromatic rings. The Morgan fingerprint density at radius 2 is 1.82 bits per heavy atom. The van der Waals surface area contributed by atoms with Crippen molar-refractivity contribution in [3.63, 3.8) is 0 Å². The van der Waals surface area contributed by atoms with E-state index in [1.54, 1.807) is 18.2 Å². The number of rotatable bonds is 6. The third kappa shape index (κ3) is 4.33. The van der Waals surface area contributed by atoms with E-state index in [1.165, 1.54) is 18.2 Å². The maximum Gasteiger partial charge on any atom is 0.252 e. The van der Waals surface area contributed by atoms with Crippen LogP contribution in [0.5, 0.6) is 11.5 Å². The van der Waals surface area contributed by atoms with Crippen molar-refractivity contribution in [1.29, 1.82) is 0 Å². The molecule has 1 N–H and O–H groups in total. The Hall–Kier alpha value is -2.95. The number of halogens is 1. The van der Waals surface area contributed by atoms with Gasteiger partial charge in [0.05, 0.1) is 11.6 Å². The first-order chi connectivity index (χ1) is 15.9. The van der Waals surface area contributed by atoms with Gasteiger partial charge in [0.25, 0.3) is 5.56 Å². The minimum atomic E-state index is -4.22. The average molecular weight is 475 g/mol. The number of hydrogen-bond donors (Lipinski definition) is 1. The molecule has 10 heteroatoms. The van der Waals surface area contributed by atoms with E-state index in [0.29, 0.717) is 48.6 Å². The number of aromatic nitrogens is 1. The highest BCUT2D eigenvalue weighted by Crippen LogP contribution is 2.34. The first-order valence-corrected chi connectivity index (χ1v) is 12.2. The lowest BCUT2D eigenvalue weighted by Gasteiger charge is -2.25. The van der Waals surface area contributed by atoms with Gasteiger partial charge in [-0.2, -0.15) is 4.31 Å². The fourth-order valence-electron chi connectivity index (χ4n) is 4.15. The number of aromatic amines is 1. The molecule has 0 radical (unpaired) electrons. The van der Waals surface area contributed by atoms with E-state index in [0.717, 1.165) is 16.8 Å². The Labute approximate surface area is 189 Å². The number of nitrogens with zero attached hydrogens (tertiary/aromatic N) is 1. The zero-order valence-electron chi connectivity index (χ0n) is 17.8. The summed E-state index contributed by atoms with van der Waals surface area (Å²) in [4.78, 5) is 15.2. The van der Waals surface area contributed by atoms with Gasteiger partial charge in [-0.25, -0.2) is 12.8 Å². The highest BCUT2D eigenvalue weighted by molar-refractivity contribution is 7.89. The molecule has 0 spiro atoms. The Bertz CT molecular complexity index is 1350. The van der Waals surface area contributed by atoms with E-state index >= 15 is 0 Å².